The van der Waals surface area contributed by atoms with Crippen molar-refractivity contribution in [3.8, 4) is 0 Å². The molecular weight excluding hydrogens is 210 g/mol. The third-order valence-electron chi connectivity index (χ3n) is 2.82. The van der Waals surface area contributed by atoms with Crippen LogP contribution in [0.1, 0.15) is 25.7 Å². The molecule has 3 N–H and O–H groups in total. The number of hydrogen-bond acceptors (Lipinski definition) is 3. The number of nitrogens with one attached hydrogen (secondary N) is 1. The lowest BCUT2D eigenvalue weighted by Crippen LogP contribution is -2.09. The van der Waals surface area contributed by atoms with Crippen LogP contribution in [0.15, 0.2) is 24.3 Å². The van der Waals surface area contributed by atoms with Gasteiger partial charge in [-0.2, -0.15) is 0 Å². The summed E-state index contributed by atoms with van der Waals surface area (Å²) >= 11 is 0. The zero-order valence-corrected chi connectivity index (χ0v) is 11.1. The molecule has 1 aromatic rings. The van der Waals surface area contributed by atoms with E-state index in [1.54, 1.807) is 0 Å². The van der Waals surface area contributed by atoms with Gasteiger partial charge < -0.3 is 16.0 Å². The number of anilines is 2. The highest BCUT2D eigenvalue weighted by Gasteiger charge is 1.96. The summed E-state index contributed by atoms with van der Waals surface area (Å²) in [6.07, 6.45) is 4.87. The number of rotatable bonds is 8. The normalized spacial score (nSPS) is 10.3. The van der Waals surface area contributed by atoms with Gasteiger partial charge in [-0.1, -0.05) is 18.9 Å². The Labute approximate surface area is 105 Å². The molecule has 0 aromatic heterocycles. The Morgan fingerprint density at radius 2 is 1.88 bits per heavy atom. The molecule has 0 bridgehead atoms. The van der Waals surface area contributed by atoms with Crippen LogP contribution in [0.25, 0.3) is 0 Å². The van der Waals surface area contributed by atoms with Gasteiger partial charge in [0.15, 0.2) is 0 Å². The average molecular weight is 235 g/mol. The molecule has 0 fully saturated rings. The molecule has 0 spiro atoms. The van der Waals surface area contributed by atoms with Crippen LogP contribution in [0.5, 0.6) is 0 Å². The smallest absolute Gasteiger partial charge is 0.0381 e. The summed E-state index contributed by atoms with van der Waals surface area (Å²) < 4.78 is 0. The van der Waals surface area contributed by atoms with E-state index >= 15 is 0 Å². The van der Waals surface area contributed by atoms with E-state index in [2.05, 4.69) is 48.6 Å². The molecule has 96 valence electrons. The molecule has 3 nitrogen and oxygen atoms in total. The van der Waals surface area contributed by atoms with E-state index in [1.807, 2.05) is 0 Å². The molecule has 0 saturated carbocycles. The van der Waals surface area contributed by atoms with Crippen molar-refractivity contribution in [3.05, 3.63) is 24.3 Å². The Bertz CT molecular complexity index is 310. The molecule has 0 amide bonds. The molecule has 0 atom stereocenters. The first-order valence-electron chi connectivity index (χ1n) is 6.45. The molecule has 0 saturated heterocycles. The lowest BCUT2D eigenvalue weighted by atomic mass is 10.2. The lowest BCUT2D eigenvalue weighted by molar-refractivity contribution is 0.661. The molecule has 1 rings (SSSR count). The third-order valence-corrected chi connectivity index (χ3v) is 2.82. The highest BCUT2D eigenvalue weighted by molar-refractivity contribution is 5.57. The van der Waals surface area contributed by atoms with Crippen molar-refractivity contribution < 1.29 is 0 Å². The topological polar surface area (TPSA) is 41.3 Å². The fourth-order valence-electron chi connectivity index (χ4n) is 1.75. The van der Waals surface area contributed by atoms with Gasteiger partial charge >= 0.3 is 0 Å². The van der Waals surface area contributed by atoms with Gasteiger partial charge in [0, 0.05) is 32.0 Å². The summed E-state index contributed by atoms with van der Waals surface area (Å²) in [6, 6.07) is 8.51. The van der Waals surface area contributed by atoms with Gasteiger partial charge in [0.05, 0.1) is 0 Å². The monoisotopic (exact) mass is 235 g/mol. The van der Waals surface area contributed by atoms with Gasteiger partial charge in [-0.05, 0) is 37.6 Å². The molecule has 3 heteroatoms. The van der Waals surface area contributed by atoms with E-state index in [9.17, 15) is 0 Å². The Morgan fingerprint density at radius 3 is 2.59 bits per heavy atom. The molecule has 0 heterocycles. The largest absolute Gasteiger partial charge is 0.385 e. The van der Waals surface area contributed by atoms with Gasteiger partial charge in [0.1, 0.15) is 0 Å². The Morgan fingerprint density at radius 1 is 1.12 bits per heavy atom. The summed E-state index contributed by atoms with van der Waals surface area (Å²) in [5.74, 6) is 0. The second-order valence-corrected chi connectivity index (χ2v) is 4.57. The minimum absolute atomic E-state index is 0.818. The van der Waals surface area contributed by atoms with Crippen molar-refractivity contribution in [1.82, 2.24) is 0 Å². The van der Waals surface area contributed by atoms with Crippen molar-refractivity contribution in [2.45, 2.75) is 25.7 Å². The molecule has 0 unspecified atom stereocenters. The van der Waals surface area contributed by atoms with Crippen LogP contribution in [0.3, 0.4) is 0 Å². The van der Waals surface area contributed by atoms with E-state index < -0.39 is 0 Å². The van der Waals surface area contributed by atoms with Crippen LogP contribution in [-0.2, 0) is 0 Å². The standard InChI is InChI=1S/C14H25N3/c1-17(2)14-9-7-8-13(12-14)16-11-6-4-3-5-10-15/h7-9,12,16H,3-6,10-11,15H2,1-2H3. The Balaban J connectivity index is 2.24. The van der Waals surface area contributed by atoms with Crippen molar-refractivity contribution >= 4 is 11.4 Å². The number of nitrogens with zero attached hydrogens (tertiary/aromatic N) is 1. The van der Waals surface area contributed by atoms with Crippen LogP contribution in [0.4, 0.5) is 11.4 Å². The van der Waals surface area contributed by atoms with E-state index in [4.69, 9.17) is 5.73 Å². The molecule has 0 aliphatic heterocycles. The van der Waals surface area contributed by atoms with Crippen LogP contribution >= 0.6 is 0 Å². The van der Waals surface area contributed by atoms with Crippen LogP contribution in [0, 0.1) is 0 Å². The molecule has 1 aromatic carbocycles. The fourth-order valence-corrected chi connectivity index (χ4v) is 1.75. The van der Waals surface area contributed by atoms with E-state index in [0.717, 1.165) is 19.5 Å². The van der Waals surface area contributed by atoms with Gasteiger partial charge in [-0.15, -0.1) is 0 Å². The molecule has 0 radical (unpaired) electrons. The predicted octanol–water partition coefficient (Wildman–Crippen LogP) is 2.68. The van der Waals surface area contributed by atoms with Crippen LogP contribution in [-0.4, -0.2) is 27.2 Å². The Kier molecular flexibility index (Phi) is 6.48. The molecule has 0 aliphatic rings. The van der Waals surface area contributed by atoms with Crippen LogP contribution in [0.2, 0.25) is 0 Å². The summed E-state index contributed by atoms with van der Waals surface area (Å²) in [5.41, 5.74) is 7.90. The number of unbranched alkanes of at least 4 members (excludes halogenated alkanes) is 3. The van der Waals surface area contributed by atoms with Gasteiger partial charge in [-0.25, -0.2) is 0 Å². The first kappa shape index (κ1) is 13.8. The quantitative estimate of drug-likeness (QED) is 0.681. The summed E-state index contributed by atoms with van der Waals surface area (Å²) in [5, 5.41) is 3.46. The average Bonchev–Trinajstić information content (AvgIpc) is 2.34. The minimum atomic E-state index is 0.818. The highest BCUT2D eigenvalue weighted by atomic mass is 15.1. The zero-order valence-electron chi connectivity index (χ0n) is 11.1. The maximum atomic E-state index is 5.46. The first-order chi connectivity index (χ1) is 8.24. The summed E-state index contributed by atoms with van der Waals surface area (Å²) in [6.45, 7) is 1.86. The van der Waals surface area contributed by atoms with Crippen LogP contribution < -0.4 is 16.0 Å². The minimum Gasteiger partial charge on any atom is -0.385 e. The molecule has 17 heavy (non-hydrogen) atoms. The van der Waals surface area contributed by atoms with E-state index in [-0.39, 0.29) is 0 Å². The molecule has 0 aliphatic carbocycles. The van der Waals surface area contributed by atoms with E-state index in [1.165, 1.54) is 30.6 Å². The second-order valence-electron chi connectivity index (χ2n) is 4.57. The second kappa shape index (κ2) is 7.96. The maximum absolute atomic E-state index is 5.46. The SMILES string of the molecule is CN(C)c1cccc(NCCCCCCN)c1. The van der Waals surface area contributed by atoms with Crippen molar-refractivity contribution in [1.29, 1.82) is 0 Å². The van der Waals surface area contributed by atoms with Crippen molar-refractivity contribution in [2.24, 2.45) is 5.73 Å². The molecular formula is C14H25N3. The van der Waals surface area contributed by atoms with Crippen molar-refractivity contribution in [3.63, 3.8) is 0 Å². The van der Waals surface area contributed by atoms with Gasteiger partial charge in [-0.3, -0.25) is 0 Å². The maximum Gasteiger partial charge on any atom is 0.0381 e. The number of benzene rings is 1. The predicted molar refractivity (Wildman–Crippen MR) is 76.8 cm³/mol. The fraction of sp³-hybridized carbons (Fsp3) is 0.571. The highest BCUT2D eigenvalue weighted by Crippen LogP contribution is 2.17. The van der Waals surface area contributed by atoms with E-state index in [0.29, 0.717) is 0 Å². The zero-order chi connectivity index (χ0) is 12.5. The lowest BCUT2D eigenvalue weighted by Gasteiger charge is -2.14. The summed E-state index contributed by atoms with van der Waals surface area (Å²) in [4.78, 5) is 2.12. The van der Waals surface area contributed by atoms with Gasteiger partial charge in [0.2, 0.25) is 0 Å². The third kappa shape index (κ3) is 5.59. The van der Waals surface area contributed by atoms with Gasteiger partial charge in [0.25, 0.3) is 0 Å². The Hall–Kier alpha value is -1.22. The number of hydrogen-bond donors (Lipinski definition) is 2. The first-order valence-corrected chi connectivity index (χ1v) is 6.45. The summed E-state index contributed by atoms with van der Waals surface area (Å²) in [7, 11) is 4.12. The van der Waals surface area contributed by atoms with Crippen molar-refractivity contribution in [2.75, 3.05) is 37.4 Å². The number of nitrogens with two attached hydrogens (primary N) is 1.